The molecule has 0 aliphatic carbocycles. The Morgan fingerprint density at radius 2 is 2.19 bits per heavy atom. The molecule has 0 fully saturated rings. The summed E-state index contributed by atoms with van der Waals surface area (Å²) in [7, 11) is 0. The number of nitrogens with one attached hydrogen (secondary N) is 1. The second-order valence-corrected chi connectivity index (χ2v) is 3.92. The van der Waals surface area contributed by atoms with Crippen molar-refractivity contribution in [3.05, 3.63) is 40.1 Å². The minimum Gasteiger partial charge on any atom is -0.476 e. The molecule has 0 amide bonds. The largest absolute Gasteiger partial charge is 0.476 e. The summed E-state index contributed by atoms with van der Waals surface area (Å²) < 4.78 is 0. The number of aliphatic hydroxyl groups excluding tert-OH is 1. The molecule has 0 radical (unpaired) electrons. The molecular weight excluding hydrogens is 282 g/mol. The zero-order valence-electron chi connectivity index (χ0n) is 10.6. The average molecular weight is 293 g/mol. The van der Waals surface area contributed by atoms with Gasteiger partial charge in [0.25, 0.3) is 5.69 Å². The average Bonchev–Trinajstić information content (AvgIpc) is 2.89. The molecule has 110 valence electrons. The quantitative estimate of drug-likeness (QED) is 0.508. The van der Waals surface area contributed by atoms with Crippen LogP contribution in [0.5, 0.6) is 0 Å². The van der Waals surface area contributed by atoms with Gasteiger partial charge in [-0.2, -0.15) is 0 Å². The van der Waals surface area contributed by atoms with E-state index in [4.69, 9.17) is 10.2 Å². The van der Waals surface area contributed by atoms with Gasteiger partial charge in [0, 0.05) is 18.7 Å². The molecule has 0 aliphatic rings. The van der Waals surface area contributed by atoms with Crippen molar-refractivity contribution < 1.29 is 19.9 Å². The van der Waals surface area contributed by atoms with Crippen molar-refractivity contribution >= 4 is 17.5 Å². The van der Waals surface area contributed by atoms with Crippen LogP contribution >= 0.6 is 0 Å². The Hall–Kier alpha value is -3.01. The molecule has 10 nitrogen and oxygen atoms in total. The van der Waals surface area contributed by atoms with Crippen molar-refractivity contribution in [1.82, 2.24) is 15.0 Å². The summed E-state index contributed by atoms with van der Waals surface area (Å²) in [4.78, 5) is 22.2. The number of benzene rings is 1. The Bertz CT molecular complexity index is 683. The molecular formula is C11H11N5O5. The maximum absolute atomic E-state index is 11.1. The molecule has 21 heavy (non-hydrogen) atoms. The maximum Gasteiger partial charge on any atom is 0.360 e. The highest BCUT2D eigenvalue weighted by Gasteiger charge is 2.19. The number of nitro groups is 1. The molecule has 3 N–H and O–H groups in total. The number of nitrogens with zero attached hydrogens (tertiary/aromatic N) is 4. The van der Waals surface area contributed by atoms with Gasteiger partial charge in [-0.15, -0.1) is 15.0 Å². The molecule has 1 aromatic carbocycles. The number of carboxylic acid groups (broad SMARTS) is 1. The predicted octanol–water partition coefficient (Wildman–Crippen LogP) is 0.278. The van der Waals surface area contributed by atoms with Gasteiger partial charge in [-0.05, 0) is 6.07 Å². The van der Waals surface area contributed by atoms with E-state index in [0.717, 1.165) is 4.80 Å². The first kappa shape index (κ1) is 14.4. The van der Waals surface area contributed by atoms with Crippen molar-refractivity contribution in [2.45, 2.75) is 0 Å². The van der Waals surface area contributed by atoms with E-state index in [-0.39, 0.29) is 36.0 Å². The number of aliphatic hydroxyl groups is 1. The van der Waals surface area contributed by atoms with Crippen LogP contribution in [0.25, 0.3) is 5.69 Å². The van der Waals surface area contributed by atoms with Crippen LogP contribution in [0.1, 0.15) is 10.5 Å². The number of carboxylic acids is 1. The maximum atomic E-state index is 11.1. The first-order valence-corrected chi connectivity index (χ1v) is 5.83. The third-order valence-electron chi connectivity index (χ3n) is 2.49. The number of aromatic carboxylic acids is 1. The Morgan fingerprint density at radius 3 is 2.81 bits per heavy atom. The molecule has 0 bridgehead atoms. The van der Waals surface area contributed by atoms with Gasteiger partial charge in [0.1, 0.15) is 0 Å². The Balaban J connectivity index is 2.42. The van der Waals surface area contributed by atoms with E-state index in [1.807, 2.05) is 0 Å². The van der Waals surface area contributed by atoms with Crippen LogP contribution in [0.15, 0.2) is 24.3 Å². The number of aromatic nitrogens is 3. The monoisotopic (exact) mass is 293 g/mol. The fourth-order valence-electron chi connectivity index (χ4n) is 1.59. The van der Waals surface area contributed by atoms with Crippen molar-refractivity contribution in [3.63, 3.8) is 0 Å². The van der Waals surface area contributed by atoms with Crippen LogP contribution < -0.4 is 5.32 Å². The molecule has 0 unspecified atom stereocenters. The SMILES string of the molecule is O=C(O)c1nn(-c2cccc([N+](=O)[O-])c2)nc1NCCO. The first-order chi connectivity index (χ1) is 10.0. The number of rotatable bonds is 6. The van der Waals surface area contributed by atoms with Gasteiger partial charge in [0.15, 0.2) is 5.82 Å². The summed E-state index contributed by atoms with van der Waals surface area (Å²) in [6.07, 6.45) is 0. The number of hydrogen-bond donors (Lipinski definition) is 3. The molecule has 2 rings (SSSR count). The molecule has 0 saturated heterocycles. The fraction of sp³-hybridized carbons (Fsp3) is 0.182. The summed E-state index contributed by atoms with van der Waals surface area (Å²) in [5.74, 6) is -1.32. The number of anilines is 1. The van der Waals surface area contributed by atoms with E-state index in [2.05, 4.69) is 15.5 Å². The van der Waals surface area contributed by atoms with Crippen LogP contribution in [0, 0.1) is 10.1 Å². The molecule has 0 aliphatic heterocycles. The molecule has 0 atom stereocenters. The van der Waals surface area contributed by atoms with Gasteiger partial charge < -0.3 is 15.5 Å². The van der Waals surface area contributed by atoms with Crippen molar-refractivity contribution in [2.75, 3.05) is 18.5 Å². The van der Waals surface area contributed by atoms with Crippen LogP contribution in [0.2, 0.25) is 0 Å². The molecule has 0 spiro atoms. The summed E-state index contributed by atoms with van der Waals surface area (Å²) >= 11 is 0. The first-order valence-electron chi connectivity index (χ1n) is 5.83. The summed E-state index contributed by atoms with van der Waals surface area (Å²) in [6, 6.07) is 5.48. The fourth-order valence-corrected chi connectivity index (χ4v) is 1.59. The minimum absolute atomic E-state index is 0.0249. The zero-order chi connectivity index (χ0) is 15.4. The normalized spacial score (nSPS) is 10.3. The lowest BCUT2D eigenvalue weighted by atomic mass is 10.3. The van der Waals surface area contributed by atoms with Gasteiger partial charge >= 0.3 is 5.97 Å². The Kier molecular flexibility index (Phi) is 4.09. The van der Waals surface area contributed by atoms with Gasteiger partial charge in [-0.1, -0.05) is 6.07 Å². The van der Waals surface area contributed by atoms with Crippen LogP contribution in [-0.4, -0.2) is 49.3 Å². The van der Waals surface area contributed by atoms with Crippen molar-refractivity contribution in [2.24, 2.45) is 0 Å². The molecule has 10 heteroatoms. The Labute approximate surface area is 117 Å². The highest BCUT2D eigenvalue weighted by atomic mass is 16.6. The number of hydrogen-bond acceptors (Lipinski definition) is 7. The van der Waals surface area contributed by atoms with Gasteiger partial charge in [-0.25, -0.2) is 4.79 Å². The molecule has 2 aromatic rings. The van der Waals surface area contributed by atoms with Crippen molar-refractivity contribution in [1.29, 1.82) is 0 Å². The highest BCUT2D eigenvalue weighted by Crippen LogP contribution is 2.18. The standard InChI is InChI=1S/C11H11N5O5/c17-5-4-12-10-9(11(18)19)13-15(14-10)7-2-1-3-8(6-7)16(20)21/h1-3,6,17H,4-5H2,(H,12,14)(H,18,19). The predicted molar refractivity (Wildman–Crippen MR) is 70.5 cm³/mol. The zero-order valence-corrected chi connectivity index (χ0v) is 10.6. The summed E-state index contributed by atoms with van der Waals surface area (Å²) in [6.45, 7) is -0.101. The third kappa shape index (κ3) is 3.12. The van der Waals surface area contributed by atoms with Crippen LogP contribution in [-0.2, 0) is 0 Å². The highest BCUT2D eigenvalue weighted by molar-refractivity contribution is 5.90. The van der Waals surface area contributed by atoms with Gasteiger partial charge in [-0.3, -0.25) is 10.1 Å². The van der Waals surface area contributed by atoms with E-state index in [9.17, 15) is 14.9 Å². The molecule has 0 saturated carbocycles. The summed E-state index contributed by atoms with van der Waals surface area (Å²) in [5, 5.41) is 38.8. The lowest BCUT2D eigenvalue weighted by molar-refractivity contribution is -0.384. The minimum atomic E-state index is -1.30. The van der Waals surface area contributed by atoms with E-state index in [0.29, 0.717) is 0 Å². The van der Waals surface area contributed by atoms with Gasteiger partial charge in [0.2, 0.25) is 5.69 Å². The number of non-ortho nitro benzene ring substituents is 1. The molecule has 1 heterocycles. The van der Waals surface area contributed by atoms with Crippen molar-refractivity contribution in [3.8, 4) is 5.69 Å². The second-order valence-electron chi connectivity index (χ2n) is 3.92. The number of nitro benzene ring substituents is 1. The van der Waals surface area contributed by atoms with Crippen LogP contribution in [0.3, 0.4) is 0 Å². The number of carbonyl (C=O) groups is 1. The van der Waals surface area contributed by atoms with Gasteiger partial charge in [0.05, 0.1) is 17.2 Å². The summed E-state index contributed by atoms with van der Waals surface area (Å²) in [5.41, 5.74) is -0.245. The second kappa shape index (κ2) is 5.96. The lowest BCUT2D eigenvalue weighted by Crippen LogP contribution is -2.09. The van der Waals surface area contributed by atoms with E-state index >= 15 is 0 Å². The molecule has 1 aromatic heterocycles. The third-order valence-corrected chi connectivity index (χ3v) is 2.49. The lowest BCUT2D eigenvalue weighted by Gasteiger charge is -2.00. The van der Waals surface area contributed by atoms with Crippen LogP contribution in [0.4, 0.5) is 11.5 Å². The topological polar surface area (TPSA) is 143 Å². The Morgan fingerprint density at radius 1 is 1.43 bits per heavy atom. The smallest absolute Gasteiger partial charge is 0.360 e. The van der Waals surface area contributed by atoms with E-state index in [1.54, 1.807) is 0 Å². The van der Waals surface area contributed by atoms with E-state index < -0.39 is 10.9 Å². The van der Waals surface area contributed by atoms with E-state index in [1.165, 1.54) is 24.3 Å².